The van der Waals surface area contributed by atoms with Crippen LogP contribution in [0.1, 0.15) is 57.7 Å². The fourth-order valence-corrected chi connectivity index (χ4v) is 2.41. The summed E-state index contributed by atoms with van der Waals surface area (Å²) in [6.45, 7) is 9.21. The molecule has 1 atom stereocenters. The van der Waals surface area contributed by atoms with Crippen molar-refractivity contribution in [3.8, 4) is 10.8 Å². The second-order valence-corrected chi connectivity index (χ2v) is 5.52. The minimum Gasteiger partial charge on any atom is -0.418 e. The third kappa shape index (κ3) is 3.16. The van der Waals surface area contributed by atoms with Gasteiger partial charge in [-0.2, -0.15) is 0 Å². The average molecular weight is 281 g/mol. The first kappa shape index (κ1) is 14.1. The van der Waals surface area contributed by atoms with E-state index >= 15 is 0 Å². The smallest absolute Gasteiger partial charge is 0.261 e. The Kier molecular flexibility index (Phi) is 4.60. The lowest BCUT2D eigenvalue weighted by molar-refractivity contribution is 0.423. The van der Waals surface area contributed by atoms with Crippen molar-refractivity contribution in [3.05, 3.63) is 11.6 Å². The molecule has 0 spiro atoms. The lowest BCUT2D eigenvalue weighted by Gasteiger charge is -2.07. The second kappa shape index (κ2) is 6.21. The van der Waals surface area contributed by atoms with Gasteiger partial charge in [0, 0.05) is 0 Å². The minimum atomic E-state index is 0.0598. The summed E-state index contributed by atoms with van der Waals surface area (Å²) in [7, 11) is 0. The standard InChI is InChI=1S/C12H19N5OS/c1-5-6-13-8(4)11-15-16-12(18-11)10-9(7(2)3)14-17-19-10/h7-8,13H,5-6H2,1-4H3. The van der Waals surface area contributed by atoms with Crippen LogP contribution < -0.4 is 5.32 Å². The van der Waals surface area contributed by atoms with Crippen molar-refractivity contribution in [2.45, 2.75) is 46.1 Å². The highest BCUT2D eigenvalue weighted by Crippen LogP contribution is 2.30. The van der Waals surface area contributed by atoms with E-state index in [0.29, 0.717) is 17.7 Å². The molecule has 1 unspecified atom stereocenters. The van der Waals surface area contributed by atoms with Gasteiger partial charge in [0.15, 0.2) is 0 Å². The molecule has 0 radical (unpaired) electrons. The van der Waals surface area contributed by atoms with Crippen molar-refractivity contribution in [3.63, 3.8) is 0 Å². The van der Waals surface area contributed by atoms with Gasteiger partial charge in [0.2, 0.25) is 5.89 Å². The summed E-state index contributed by atoms with van der Waals surface area (Å²) < 4.78 is 9.70. The van der Waals surface area contributed by atoms with Gasteiger partial charge in [-0.1, -0.05) is 25.3 Å². The number of hydrogen-bond donors (Lipinski definition) is 1. The van der Waals surface area contributed by atoms with E-state index < -0.39 is 0 Å². The Hall–Kier alpha value is -1.34. The van der Waals surface area contributed by atoms with E-state index in [2.05, 4.69) is 45.9 Å². The monoisotopic (exact) mass is 281 g/mol. The van der Waals surface area contributed by atoms with Gasteiger partial charge in [-0.25, -0.2) is 0 Å². The van der Waals surface area contributed by atoms with Crippen molar-refractivity contribution >= 4 is 11.5 Å². The molecule has 0 aliphatic carbocycles. The molecule has 7 heteroatoms. The van der Waals surface area contributed by atoms with Crippen LogP contribution in [0.2, 0.25) is 0 Å². The van der Waals surface area contributed by atoms with Crippen molar-refractivity contribution in [1.82, 2.24) is 25.1 Å². The summed E-state index contributed by atoms with van der Waals surface area (Å²) in [5.74, 6) is 1.41. The summed E-state index contributed by atoms with van der Waals surface area (Å²) >= 11 is 1.30. The Morgan fingerprint density at radius 1 is 1.21 bits per heavy atom. The highest BCUT2D eigenvalue weighted by atomic mass is 32.1. The molecule has 2 aromatic rings. The summed E-state index contributed by atoms with van der Waals surface area (Å²) in [6, 6.07) is 0.0598. The minimum absolute atomic E-state index is 0.0598. The molecule has 6 nitrogen and oxygen atoms in total. The van der Waals surface area contributed by atoms with E-state index in [1.165, 1.54) is 11.5 Å². The molecule has 19 heavy (non-hydrogen) atoms. The zero-order chi connectivity index (χ0) is 13.8. The normalized spacial score (nSPS) is 13.1. The highest BCUT2D eigenvalue weighted by molar-refractivity contribution is 7.09. The summed E-state index contributed by atoms with van der Waals surface area (Å²) in [4.78, 5) is 0.872. The topological polar surface area (TPSA) is 76.7 Å². The van der Waals surface area contributed by atoms with E-state index in [4.69, 9.17) is 4.42 Å². The molecule has 2 aromatic heterocycles. The molecule has 0 aliphatic rings. The molecule has 1 N–H and O–H groups in total. The first-order valence-corrected chi connectivity index (χ1v) is 7.30. The Morgan fingerprint density at radius 2 is 2.00 bits per heavy atom. The van der Waals surface area contributed by atoms with E-state index in [0.717, 1.165) is 23.5 Å². The number of rotatable bonds is 6. The van der Waals surface area contributed by atoms with Gasteiger partial charge in [0.25, 0.3) is 5.89 Å². The SMILES string of the molecule is CCCNC(C)c1nnc(-c2snnc2C(C)C)o1. The van der Waals surface area contributed by atoms with Crippen LogP contribution in [0.5, 0.6) is 0 Å². The van der Waals surface area contributed by atoms with Gasteiger partial charge in [-0.05, 0) is 37.3 Å². The van der Waals surface area contributed by atoms with Crippen LogP contribution in [0, 0.1) is 0 Å². The molecule has 0 amide bonds. The lowest BCUT2D eigenvalue weighted by atomic mass is 10.1. The third-order valence-corrected chi connectivity index (χ3v) is 3.50. The molecule has 0 aliphatic heterocycles. The number of hydrogen-bond acceptors (Lipinski definition) is 7. The molecule has 0 aromatic carbocycles. The Labute approximate surface area is 116 Å². The molecule has 2 rings (SSSR count). The Balaban J connectivity index is 2.18. The zero-order valence-corrected chi connectivity index (χ0v) is 12.5. The molecular weight excluding hydrogens is 262 g/mol. The predicted molar refractivity (Wildman–Crippen MR) is 74.0 cm³/mol. The number of aromatic nitrogens is 4. The largest absolute Gasteiger partial charge is 0.418 e. The summed E-state index contributed by atoms with van der Waals surface area (Å²) in [5.41, 5.74) is 0.911. The van der Waals surface area contributed by atoms with Crippen molar-refractivity contribution in [2.75, 3.05) is 6.54 Å². The Morgan fingerprint density at radius 3 is 2.68 bits per heavy atom. The summed E-state index contributed by atoms with van der Waals surface area (Å²) in [5, 5.41) is 15.6. The molecular formula is C12H19N5OS. The quantitative estimate of drug-likeness (QED) is 0.877. The van der Waals surface area contributed by atoms with Gasteiger partial charge >= 0.3 is 0 Å². The molecule has 0 fully saturated rings. The molecule has 2 heterocycles. The molecule has 0 saturated carbocycles. The van der Waals surface area contributed by atoms with Crippen LogP contribution in [0.4, 0.5) is 0 Å². The molecule has 0 saturated heterocycles. The van der Waals surface area contributed by atoms with Gasteiger partial charge in [0.1, 0.15) is 4.88 Å². The van der Waals surface area contributed by atoms with Crippen molar-refractivity contribution < 1.29 is 4.42 Å². The second-order valence-electron chi connectivity index (χ2n) is 4.76. The number of nitrogens with one attached hydrogen (secondary N) is 1. The van der Waals surface area contributed by atoms with Crippen LogP contribution in [0.25, 0.3) is 10.8 Å². The maximum atomic E-state index is 5.72. The average Bonchev–Trinajstić information content (AvgIpc) is 3.02. The fraction of sp³-hybridized carbons (Fsp3) is 0.667. The van der Waals surface area contributed by atoms with Crippen molar-refractivity contribution in [2.24, 2.45) is 0 Å². The first-order valence-electron chi connectivity index (χ1n) is 6.52. The fourth-order valence-electron chi connectivity index (χ4n) is 1.67. The van der Waals surface area contributed by atoms with E-state index in [-0.39, 0.29) is 6.04 Å². The van der Waals surface area contributed by atoms with Crippen molar-refractivity contribution in [1.29, 1.82) is 0 Å². The van der Waals surface area contributed by atoms with Gasteiger partial charge < -0.3 is 9.73 Å². The van der Waals surface area contributed by atoms with Crippen LogP contribution in [-0.4, -0.2) is 26.3 Å². The summed E-state index contributed by atoms with van der Waals surface area (Å²) in [6.07, 6.45) is 1.07. The van der Waals surface area contributed by atoms with Gasteiger partial charge in [0.05, 0.1) is 11.7 Å². The van der Waals surface area contributed by atoms with Gasteiger partial charge in [-0.15, -0.1) is 15.3 Å². The van der Waals surface area contributed by atoms with Crippen LogP contribution >= 0.6 is 11.5 Å². The molecule has 0 bridgehead atoms. The maximum absolute atomic E-state index is 5.72. The maximum Gasteiger partial charge on any atom is 0.261 e. The van der Waals surface area contributed by atoms with Crippen LogP contribution in [0.15, 0.2) is 4.42 Å². The first-order chi connectivity index (χ1) is 9.13. The molecule has 104 valence electrons. The van der Waals surface area contributed by atoms with E-state index in [1.807, 2.05) is 6.92 Å². The Bertz CT molecular complexity index is 522. The third-order valence-electron chi connectivity index (χ3n) is 2.77. The zero-order valence-electron chi connectivity index (χ0n) is 11.7. The highest BCUT2D eigenvalue weighted by Gasteiger charge is 2.20. The van der Waals surface area contributed by atoms with Crippen LogP contribution in [-0.2, 0) is 0 Å². The van der Waals surface area contributed by atoms with E-state index in [9.17, 15) is 0 Å². The van der Waals surface area contributed by atoms with Gasteiger partial charge in [-0.3, -0.25) is 0 Å². The van der Waals surface area contributed by atoms with E-state index in [1.54, 1.807) is 0 Å². The lowest BCUT2D eigenvalue weighted by Crippen LogP contribution is -2.19. The predicted octanol–water partition coefficient (Wildman–Crippen LogP) is 2.77. The number of nitrogens with zero attached hydrogens (tertiary/aromatic N) is 4. The van der Waals surface area contributed by atoms with Crippen LogP contribution in [0.3, 0.4) is 0 Å².